The third-order valence-corrected chi connectivity index (χ3v) is 13.6. The molecule has 2 atom stereocenters. The quantitative estimate of drug-likeness (QED) is 0.0599. The van der Waals surface area contributed by atoms with Crippen LogP contribution < -0.4 is 25.8 Å². The summed E-state index contributed by atoms with van der Waals surface area (Å²) in [4.78, 5) is 75.9. The molecule has 2 aliphatic rings. The second kappa shape index (κ2) is 23.3. The Labute approximate surface area is 421 Å². The number of thiocarbonyl (C=S) groups is 1. The summed E-state index contributed by atoms with van der Waals surface area (Å²) in [6, 6.07) is 18.2. The average Bonchev–Trinajstić information content (AvgIpc) is 4.04. The molecule has 3 heterocycles. The van der Waals surface area contributed by atoms with Crippen LogP contribution in [0.25, 0.3) is 10.4 Å². The molecular weight excluding hydrogens is 958 g/mol. The van der Waals surface area contributed by atoms with Crippen molar-refractivity contribution in [1.29, 1.82) is 5.26 Å². The first-order valence-electron chi connectivity index (χ1n) is 23.3. The van der Waals surface area contributed by atoms with Crippen molar-refractivity contribution in [2.24, 2.45) is 5.41 Å². The number of aryl methyl sites for hydroxylation is 2. The molecule has 0 unspecified atom stereocenters. The zero-order valence-corrected chi connectivity index (χ0v) is 42.2. The van der Waals surface area contributed by atoms with Gasteiger partial charge in [-0.3, -0.25) is 28.9 Å². The second-order valence-corrected chi connectivity index (χ2v) is 20.1. The van der Waals surface area contributed by atoms with E-state index in [0.717, 1.165) is 44.3 Å². The number of rotatable bonds is 20. The maximum absolute atomic E-state index is 13.9. The van der Waals surface area contributed by atoms with Crippen molar-refractivity contribution in [2.45, 2.75) is 104 Å². The third kappa shape index (κ3) is 13.4. The number of hydrogen-bond acceptors (Lipinski definition) is 11. The van der Waals surface area contributed by atoms with Crippen LogP contribution in [-0.2, 0) is 52.6 Å². The minimum atomic E-state index is -4.81. The largest absolute Gasteiger partial charge is 0.417 e. The molecule has 0 saturated carbocycles. The number of likely N-dealkylation sites (tertiary alicyclic amines) is 1. The van der Waals surface area contributed by atoms with E-state index >= 15 is 0 Å². The normalized spacial score (nSPS) is 16.2. The number of anilines is 2. The Morgan fingerprint density at radius 3 is 2.27 bits per heavy atom. The van der Waals surface area contributed by atoms with E-state index in [4.69, 9.17) is 21.7 Å². The Morgan fingerprint density at radius 1 is 0.944 bits per heavy atom. The van der Waals surface area contributed by atoms with Crippen LogP contribution >= 0.6 is 23.6 Å². The zero-order valence-electron chi connectivity index (χ0n) is 40.6. The topological polar surface area (TPSA) is 186 Å². The molecular formula is C51H59F3N8O7S2. The van der Waals surface area contributed by atoms with Gasteiger partial charge in [-0.05, 0) is 111 Å². The van der Waals surface area contributed by atoms with Crippen LogP contribution in [0.1, 0.15) is 88.2 Å². The Kier molecular flexibility index (Phi) is 17.7. The molecule has 0 radical (unpaired) electrons. The van der Waals surface area contributed by atoms with E-state index in [1.807, 2.05) is 69.6 Å². The van der Waals surface area contributed by atoms with Gasteiger partial charge in [0.15, 0.2) is 5.11 Å². The fraction of sp³-hybridized carbons (Fsp3) is 0.451. The van der Waals surface area contributed by atoms with Gasteiger partial charge in [0.05, 0.1) is 58.8 Å². The predicted octanol–water partition coefficient (Wildman–Crippen LogP) is 7.24. The van der Waals surface area contributed by atoms with Crippen LogP contribution in [-0.4, -0.2) is 102 Å². The van der Waals surface area contributed by atoms with Crippen LogP contribution in [0.3, 0.4) is 0 Å². The summed E-state index contributed by atoms with van der Waals surface area (Å²) in [5.74, 6) is -1.73. The van der Waals surface area contributed by atoms with E-state index in [0.29, 0.717) is 44.5 Å². The minimum absolute atomic E-state index is 0.00479. The maximum atomic E-state index is 13.9. The molecule has 1 aromatic heterocycles. The van der Waals surface area contributed by atoms with Crippen molar-refractivity contribution in [1.82, 2.24) is 25.8 Å². The lowest BCUT2D eigenvalue weighted by Gasteiger charge is -2.35. The highest BCUT2D eigenvalue weighted by Gasteiger charge is 2.51. The molecule has 3 N–H and O–H groups in total. The Bertz CT molecular complexity index is 2630. The summed E-state index contributed by atoms with van der Waals surface area (Å²) in [5.41, 5.74) is 2.56. The molecule has 6 rings (SSSR count). The van der Waals surface area contributed by atoms with Gasteiger partial charge in [0, 0.05) is 31.7 Å². The van der Waals surface area contributed by atoms with Crippen molar-refractivity contribution < 1.29 is 46.6 Å². The highest BCUT2D eigenvalue weighted by atomic mass is 32.1. The lowest BCUT2D eigenvalue weighted by Crippen LogP contribution is -2.58. The molecule has 71 heavy (non-hydrogen) atoms. The fourth-order valence-corrected chi connectivity index (χ4v) is 9.77. The first-order valence-corrected chi connectivity index (χ1v) is 24.6. The summed E-state index contributed by atoms with van der Waals surface area (Å²) < 4.78 is 52.2. The Hall–Kier alpha value is -6.27. The van der Waals surface area contributed by atoms with E-state index in [1.165, 1.54) is 6.07 Å². The van der Waals surface area contributed by atoms with Gasteiger partial charge in [0.25, 0.3) is 5.91 Å². The molecule has 15 nitrogen and oxygen atoms in total. The van der Waals surface area contributed by atoms with Crippen molar-refractivity contribution in [2.75, 3.05) is 49.3 Å². The number of halogens is 3. The lowest BCUT2D eigenvalue weighted by molar-refractivity contribution is -0.144. The van der Waals surface area contributed by atoms with Crippen molar-refractivity contribution in [3.8, 4) is 16.5 Å². The molecule has 20 heteroatoms. The molecule has 2 saturated heterocycles. The second-order valence-electron chi connectivity index (χ2n) is 18.9. The number of nitrogens with zero attached hydrogens (tertiary/aromatic N) is 5. The van der Waals surface area contributed by atoms with Crippen LogP contribution in [0.2, 0.25) is 0 Å². The van der Waals surface area contributed by atoms with Gasteiger partial charge in [-0.1, -0.05) is 57.2 Å². The van der Waals surface area contributed by atoms with Crippen molar-refractivity contribution >= 4 is 69.6 Å². The number of hydrogen-bond donors (Lipinski definition) is 3. The van der Waals surface area contributed by atoms with E-state index in [9.17, 15) is 42.4 Å². The number of carbonyl (C=O) groups is 5. The Morgan fingerprint density at radius 2 is 1.62 bits per heavy atom. The van der Waals surface area contributed by atoms with Gasteiger partial charge < -0.3 is 35.2 Å². The van der Waals surface area contributed by atoms with Crippen molar-refractivity contribution in [3.05, 3.63) is 100 Å². The highest BCUT2D eigenvalue weighted by molar-refractivity contribution is 7.81. The number of carbonyl (C=O) groups excluding carboxylic acids is 5. The number of nitriles is 1. The van der Waals surface area contributed by atoms with Gasteiger partial charge in [-0.2, -0.15) is 18.4 Å². The van der Waals surface area contributed by atoms with Crippen LogP contribution in [0, 0.1) is 23.7 Å². The summed E-state index contributed by atoms with van der Waals surface area (Å²) in [7, 11) is 0. The number of benzene rings is 3. The van der Waals surface area contributed by atoms with Gasteiger partial charge in [-0.15, -0.1) is 11.3 Å². The molecule has 0 spiro atoms. The summed E-state index contributed by atoms with van der Waals surface area (Å²) in [6.45, 7) is 12.0. The molecule has 5 amide bonds. The molecule has 0 aliphatic carbocycles. The maximum Gasteiger partial charge on any atom is 0.417 e. The third-order valence-electron chi connectivity index (χ3n) is 12.3. The summed E-state index contributed by atoms with van der Waals surface area (Å²) in [6.07, 6.45) is -2.25. The van der Waals surface area contributed by atoms with Gasteiger partial charge >= 0.3 is 6.18 Å². The number of aromatic nitrogens is 1. The number of amides is 5. The summed E-state index contributed by atoms with van der Waals surface area (Å²) >= 11 is 7.20. The average molecular weight is 1020 g/mol. The fourth-order valence-electron chi connectivity index (χ4n) is 8.44. The Balaban J connectivity index is 0.857. The van der Waals surface area contributed by atoms with Crippen LogP contribution in [0.5, 0.6) is 0 Å². The molecule has 0 bridgehead atoms. The molecule has 3 aromatic carbocycles. The first-order chi connectivity index (χ1) is 33.6. The number of nitrogens with one attached hydrogen (secondary N) is 3. The SMILES string of the molecule is Cc1ncsc1-c1ccc(CNC(=O)[C@@H]2CCCN2C(=O)[C@@H](NC(=O)COCCOCCNC(=O)CCCc2ccc(N3C(=S)N(c4ccc(C#N)c(C(F)(F)F)c4)C(=O)C3(C)C)cc2)C(C)(C)C)cc1. The molecule has 2 aliphatic heterocycles. The predicted molar refractivity (Wildman–Crippen MR) is 267 cm³/mol. The van der Waals surface area contributed by atoms with E-state index in [-0.39, 0.29) is 67.9 Å². The smallest absolute Gasteiger partial charge is 0.377 e. The first kappa shape index (κ1) is 54.1. The van der Waals surface area contributed by atoms with Gasteiger partial charge in [-0.25, -0.2) is 4.98 Å². The molecule has 378 valence electrons. The van der Waals surface area contributed by atoms with Crippen LogP contribution in [0.15, 0.2) is 72.2 Å². The zero-order chi connectivity index (χ0) is 51.7. The van der Waals surface area contributed by atoms with Crippen LogP contribution in [0.4, 0.5) is 24.5 Å². The lowest BCUT2D eigenvalue weighted by atomic mass is 9.85. The van der Waals surface area contributed by atoms with E-state index < -0.39 is 52.2 Å². The van der Waals surface area contributed by atoms with E-state index in [1.54, 1.807) is 53.2 Å². The highest BCUT2D eigenvalue weighted by Crippen LogP contribution is 2.40. The number of alkyl halides is 3. The standard InChI is InChI=1S/C51H59F3N8O7S2/c1-32-43(71-31-58-32)35-16-12-34(13-17-35)29-57-45(65)40-10-8-23-60(40)46(66)44(49(2,3)4)59-42(64)30-69-26-25-68-24-22-56-41(63)11-7-9-33-14-19-37(20-15-33)62-48(70)61(47(67)50(62,5)6)38-21-18-36(28-55)39(27-38)51(52,53)54/h12-21,27,31,40,44H,7-11,22-26,29-30H2,1-6H3,(H,56,63)(H,57,65)(H,59,64)/t40-,44+/m0/s1. The van der Waals surface area contributed by atoms with Gasteiger partial charge in [0.2, 0.25) is 23.6 Å². The number of ether oxygens (including phenoxy) is 2. The molecule has 2 fully saturated rings. The van der Waals surface area contributed by atoms with Crippen molar-refractivity contribution in [3.63, 3.8) is 0 Å². The van der Waals surface area contributed by atoms with E-state index in [2.05, 4.69) is 20.9 Å². The summed E-state index contributed by atoms with van der Waals surface area (Å²) in [5, 5.41) is 17.8. The van der Waals surface area contributed by atoms with Gasteiger partial charge in [0.1, 0.15) is 24.2 Å². The monoisotopic (exact) mass is 1020 g/mol. The molecule has 4 aromatic rings. The minimum Gasteiger partial charge on any atom is -0.377 e. The number of thiazole rings is 1.